The van der Waals surface area contributed by atoms with Crippen LogP contribution in [0.2, 0.25) is 0 Å². The van der Waals surface area contributed by atoms with Gasteiger partial charge in [-0.2, -0.15) is 0 Å². The van der Waals surface area contributed by atoms with Crippen molar-refractivity contribution in [3.8, 4) is 11.5 Å². The first-order chi connectivity index (χ1) is 8.38. The molecule has 0 amide bonds. The summed E-state index contributed by atoms with van der Waals surface area (Å²) in [5.74, 6) is 0.685. The smallest absolute Gasteiger partial charge is 0.160 e. The monoisotopic (exact) mass is 252 g/mol. The van der Waals surface area contributed by atoms with E-state index < -0.39 is 0 Å². The Morgan fingerprint density at radius 3 is 2.56 bits per heavy atom. The van der Waals surface area contributed by atoms with Gasteiger partial charge in [0.15, 0.2) is 11.5 Å². The molecular weight excluding hydrogens is 228 g/mol. The average Bonchev–Trinajstić information content (AvgIpc) is 2.28. The van der Waals surface area contributed by atoms with Crippen molar-refractivity contribution in [2.24, 2.45) is 11.1 Å². The first-order valence-electron chi connectivity index (χ1n) is 6.12. The van der Waals surface area contributed by atoms with Crippen LogP contribution in [0.4, 0.5) is 0 Å². The molecule has 18 heavy (non-hydrogen) atoms. The number of nitrogens with two attached hydrogens (primary N) is 1. The molecule has 0 aliphatic heterocycles. The standard InChI is InChI=1S/C14H24N2O2/c1-14(2,9-15)10-16(3)8-11-5-6-13(18-4)12(17)7-11/h5-7,17H,8-10,15H2,1-4H3. The summed E-state index contributed by atoms with van der Waals surface area (Å²) < 4.78 is 5.02. The van der Waals surface area contributed by atoms with Gasteiger partial charge in [-0.3, -0.25) is 0 Å². The summed E-state index contributed by atoms with van der Waals surface area (Å²) in [7, 11) is 3.60. The SMILES string of the molecule is COc1ccc(CN(C)CC(C)(C)CN)cc1O. The number of benzene rings is 1. The van der Waals surface area contributed by atoms with Gasteiger partial charge >= 0.3 is 0 Å². The molecule has 0 fully saturated rings. The number of phenolic OH excluding ortho intramolecular Hbond substituents is 1. The normalized spacial score (nSPS) is 11.9. The molecule has 1 aromatic carbocycles. The zero-order valence-electron chi connectivity index (χ0n) is 11.7. The Labute approximate surface area is 109 Å². The van der Waals surface area contributed by atoms with E-state index in [1.807, 2.05) is 6.07 Å². The van der Waals surface area contributed by atoms with Gasteiger partial charge in [0.05, 0.1) is 7.11 Å². The second-order valence-electron chi connectivity index (χ2n) is 5.55. The molecule has 0 aliphatic rings. The Morgan fingerprint density at radius 1 is 1.39 bits per heavy atom. The van der Waals surface area contributed by atoms with Gasteiger partial charge in [-0.15, -0.1) is 0 Å². The highest BCUT2D eigenvalue weighted by atomic mass is 16.5. The molecule has 0 aromatic heterocycles. The van der Waals surface area contributed by atoms with Crippen LogP contribution in [0.5, 0.6) is 11.5 Å². The maximum atomic E-state index is 9.72. The second-order valence-corrected chi connectivity index (χ2v) is 5.55. The first kappa shape index (κ1) is 14.8. The van der Waals surface area contributed by atoms with E-state index in [0.29, 0.717) is 12.3 Å². The van der Waals surface area contributed by atoms with Crippen LogP contribution in [0.3, 0.4) is 0 Å². The molecule has 0 atom stereocenters. The van der Waals surface area contributed by atoms with E-state index in [0.717, 1.165) is 18.7 Å². The van der Waals surface area contributed by atoms with E-state index in [-0.39, 0.29) is 11.2 Å². The molecule has 0 heterocycles. The molecule has 102 valence electrons. The minimum atomic E-state index is 0.100. The quantitative estimate of drug-likeness (QED) is 0.811. The summed E-state index contributed by atoms with van der Waals surface area (Å²) in [4.78, 5) is 2.20. The second kappa shape index (κ2) is 6.07. The lowest BCUT2D eigenvalue weighted by molar-refractivity contribution is 0.209. The Kier molecular flexibility index (Phi) is 4.99. The summed E-state index contributed by atoms with van der Waals surface area (Å²) >= 11 is 0. The summed E-state index contributed by atoms with van der Waals surface area (Å²) in [6, 6.07) is 5.49. The third-order valence-electron chi connectivity index (χ3n) is 2.95. The van der Waals surface area contributed by atoms with Crippen molar-refractivity contribution in [3.63, 3.8) is 0 Å². The van der Waals surface area contributed by atoms with E-state index in [4.69, 9.17) is 10.5 Å². The molecule has 4 heteroatoms. The van der Waals surface area contributed by atoms with Crippen molar-refractivity contribution >= 4 is 0 Å². The highest BCUT2D eigenvalue weighted by Gasteiger charge is 2.18. The van der Waals surface area contributed by atoms with Crippen molar-refractivity contribution in [2.75, 3.05) is 27.2 Å². The van der Waals surface area contributed by atoms with Crippen LogP contribution in [0.15, 0.2) is 18.2 Å². The molecule has 1 aromatic rings. The maximum absolute atomic E-state index is 9.72. The van der Waals surface area contributed by atoms with Gasteiger partial charge in [0, 0.05) is 13.1 Å². The summed E-state index contributed by atoms with van der Waals surface area (Å²) in [6.45, 7) is 6.65. The molecule has 4 nitrogen and oxygen atoms in total. The Balaban J connectivity index is 2.65. The van der Waals surface area contributed by atoms with E-state index in [1.54, 1.807) is 19.2 Å². The summed E-state index contributed by atoms with van der Waals surface area (Å²) in [5.41, 5.74) is 6.89. The largest absolute Gasteiger partial charge is 0.504 e. The number of phenols is 1. The number of nitrogens with zero attached hydrogens (tertiary/aromatic N) is 1. The average molecular weight is 252 g/mol. The molecule has 0 saturated heterocycles. The van der Waals surface area contributed by atoms with Gasteiger partial charge in [-0.05, 0) is 36.7 Å². The molecule has 3 N–H and O–H groups in total. The third-order valence-corrected chi connectivity index (χ3v) is 2.95. The predicted octanol–water partition coefficient (Wildman–Crippen LogP) is 1.82. The van der Waals surface area contributed by atoms with Crippen molar-refractivity contribution in [1.82, 2.24) is 4.90 Å². The van der Waals surface area contributed by atoms with E-state index >= 15 is 0 Å². The molecule has 0 radical (unpaired) electrons. The Morgan fingerprint density at radius 2 is 2.06 bits per heavy atom. The fraction of sp³-hybridized carbons (Fsp3) is 0.571. The van der Waals surface area contributed by atoms with E-state index in [2.05, 4.69) is 25.8 Å². The van der Waals surface area contributed by atoms with Gasteiger partial charge in [0.2, 0.25) is 0 Å². The molecule has 0 unspecified atom stereocenters. The molecule has 0 bridgehead atoms. The number of methoxy groups -OCH3 is 1. The van der Waals surface area contributed by atoms with Gasteiger partial charge in [0.1, 0.15) is 0 Å². The van der Waals surface area contributed by atoms with Crippen LogP contribution in [0.25, 0.3) is 0 Å². The Bertz CT molecular complexity index is 391. The van der Waals surface area contributed by atoms with Crippen LogP contribution < -0.4 is 10.5 Å². The molecular formula is C14H24N2O2. The fourth-order valence-corrected chi connectivity index (χ4v) is 2.00. The van der Waals surface area contributed by atoms with E-state index in [1.165, 1.54) is 0 Å². The van der Waals surface area contributed by atoms with Gasteiger partial charge in [0.25, 0.3) is 0 Å². The number of ether oxygens (including phenoxy) is 1. The van der Waals surface area contributed by atoms with Crippen molar-refractivity contribution in [2.45, 2.75) is 20.4 Å². The Hall–Kier alpha value is -1.26. The summed E-state index contributed by atoms with van der Waals surface area (Å²) in [5, 5.41) is 9.72. The maximum Gasteiger partial charge on any atom is 0.160 e. The van der Waals surface area contributed by atoms with Crippen LogP contribution in [0, 0.1) is 5.41 Å². The van der Waals surface area contributed by atoms with E-state index in [9.17, 15) is 5.11 Å². The zero-order chi connectivity index (χ0) is 13.8. The van der Waals surface area contributed by atoms with Crippen LogP contribution in [-0.2, 0) is 6.54 Å². The highest BCUT2D eigenvalue weighted by molar-refractivity contribution is 5.41. The van der Waals surface area contributed by atoms with Crippen molar-refractivity contribution in [1.29, 1.82) is 0 Å². The highest BCUT2D eigenvalue weighted by Crippen LogP contribution is 2.27. The van der Waals surface area contributed by atoms with Crippen LogP contribution >= 0.6 is 0 Å². The molecule has 0 aliphatic carbocycles. The number of hydrogen-bond donors (Lipinski definition) is 2. The lowest BCUT2D eigenvalue weighted by Gasteiger charge is -2.29. The number of rotatable bonds is 6. The fourth-order valence-electron chi connectivity index (χ4n) is 2.00. The predicted molar refractivity (Wildman–Crippen MR) is 73.8 cm³/mol. The van der Waals surface area contributed by atoms with Crippen LogP contribution in [-0.4, -0.2) is 37.3 Å². The van der Waals surface area contributed by atoms with Crippen molar-refractivity contribution < 1.29 is 9.84 Å². The summed E-state index contributed by atoms with van der Waals surface area (Å²) in [6.07, 6.45) is 0. The molecule has 1 rings (SSSR count). The third kappa shape index (κ3) is 4.20. The van der Waals surface area contributed by atoms with Gasteiger partial charge in [-0.1, -0.05) is 19.9 Å². The lowest BCUT2D eigenvalue weighted by Crippen LogP contribution is -2.36. The number of hydrogen-bond acceptors (Lipinski definition) is 4. The molecule has 0 saturated carbocycles. The lowest BCUT2D eigenvalue weighted by atomic mass is 9.93. The van der Waals surface area contributed by atoms with Crippen LogP contribution in [0.1, 0.15) is 19.4 Å². The van der Waals surface area contributed by atoms with Gasteiger partial charge in [-0.25, -0.2) is 0 Å². The minimum absolute atomic E-state index is 0.100. The number of aromatic hydroxyl groups is 1. The topological polar surface area (TPSA) is 58.7 Å². The molecule has 0 spiro atoms. The zero-order valence-corrected chi connectivity index (χ0v) is 11.7. The van der Waals surface area contributed by atoms with Crippen molar-refractivity contribution in [3.05, 3.63) is 23.8 Å². The van der Waals surface area contributed by atoms with Gasteiger partial charge < -0.3 is 20.5 Å². The minimum Gasteiger partial charge on any atom is -0.504 e. The first-order valence-corrected chi connectivity index (χ1v) is 6.12.